The predicted octanol–water partition coefficient (Wildman–Crippen LogP) is 1.93. The molecule has 0 radical (unpaired) electrons. The van der Waals surface area contributed by atoms with Gasteiger partial charge in [-0.15, -0.1) is 0 Å². The highest BCUT2D eigenvalue weighted by molar-refractivity contribution is 5.08. The van der Waals surface area contributed by atoms with E-state index in [1.54, 1.807) is 6.42 Å². The Labute approximate surface area is 86.8 Å². The van der Waals surface area contributed by atoms with Crippen LogP contribution in [-0.4, -0.2) is 12.6 Å². The highest BCUT2D eigenvalue weighted by Crippen LogP contribution is 2.57. The number of nitrogens with one attached hydrogen (secondary N) is 2. The zero-order valence-corrected chi connectivity index (χ0v) is 9.34. The molecule has 0 spiro atoms. The SMILES string of the molecule is CNNC1(C)C2CC3CC(C2)CC1C3. The Morgan fingerprint density at radius 1 is 0.929 bits per heavy atom. The van der Waals surface area contributed by atoms with Crippen LogP contribution >= 0.6 is 0 Å². The van der Waals surface area contributed by atoms with Gasteiger partial charge in [0.25, 0.3) is 0 Å². The molecular formula is C12H22N2. The summed E-state index contributed by atoms with van der Waals surface area (Å²) in [7, 11) is 2.01. The first-order chi connectivity index (χ1) is 6.72. The van der Waals surface area contributed by atoms with Crippen LogP contribution in [0.15, 0.2) is 0 Å². The van der Waals surface area contributed by atoms with E-state index in [4.69, 9.17) is 0 Å². The molecule has 2 N–H and O–H groups in total. The average molecular weight is 194 g/mol. The lowest BCUT2D eigenvalue weighted by molar-refractivity contribution is -0.0698. The molecular weight excluding hydrogens is 172 g/mol. The van der Waals surface area contributed by atoms with Gasteiger partial charge in [-0.3, -0.25) is 10.9 Å². The predicted molar refractivity (Wildman–Crippen MR) is 57.6 cm³/mol. The Hall–Kier alpha value is -0.0800. The van der Waals surface area contributed by atoms with Crippen molar-refractivity contribution < 1.29 is 0 Å². The largest absolute Gasteiger partial charge is 0.260 e. The van der Waals surface area contributed by atoms with Gasteiger partial charge in [0.2, 0.25) is 0 Å². The van der Waals surface area contributed by atoms with Crippen molar-refractivity contribution in [3.05, 3.63) is 0 Å². The summed E-state index contributed by atoms with van der Waals surface area (Å²) in [6.07, 6.45) is 7.48. The molecule has 0 amide bonds. The zero-order valence-electron chi connectivity index (χ0n) is 9.34. The van der Waals surface area contributed by atoms with E-state index in [0.29, 0.717) is 5.54 Å². The van der Waals surface area contributed by atoms with E-state index in [9.17, 15) is 0 Å². The topological polar surface area (TPSA) is 24.1 Å². The van der Waals surface area contributed by atoms with Crippen molar-refractivity contribution in [2.24, 2.45) is 23.7 Å². The Morgan fingerprint density at radius 3 is 1.86 bits per heavy atom. The summed E-state index contributed by atoms with van der Waals surface area (Å²) in [5, 5.41) is 0. The van der Waals surface area contributed by atoms with Crippen molar-refractivity contribution >= 4 is 0 Å². The fourth-order valence-electron chi connectivity index (χ4n) is 4.64. The summed E-state index contributed by atoms with van der Waals surface area (Å²) < 4.78 is 0. The van der Waals surface area contributed by atoms with Gasteiger partial charge in [-0.25, -0.2) is 0 Å². The Kier molecular flexibility index (Phi) is 1.94. The van der Waals surface area contributed by atoms with Gasteiger partial charge in [-0.2, -0.15) is 0 Å². The third-order valence-corrected chi connectivity index (χ3v) is 5.23. The fourth-order valence-corrected chi connectivity index (χ4v) is 4.64. The third kappa shape index (κ3) is 1.10. The van der Waals surface area contributed by atoms with Gasteiger partial charge in [0.15, 0.2) is 0 Å². The molecule has 0 aromatic carbocycles. The smallest absolute Gasteiger partial charge is 0.0352 e. The normalized spacial score (nSPS) is 55.3. The number of rotatable bonds is 2. The molecule has 0 atom stereocenters. The molecule has 4 saturated carbocycles. The molecule has 0 saturated heterocycles. The number of hydrogen-bond acceptors (Lipinski definition) is 2. The minimum atomic E-state index is 0.391. The molecule has 4 rings (SSSR count). The van der Waals surface area contributed by atoms with E-state index < -0.39 is 0 Å². The Morgan fingerprint density at radius 2 is 1.43 bits per heavy atom. The van der Waals surface area contributed by atoms with Gasteiger partial charge < -0.3 is 0 Å². The van der Waals surface area contributed by atoms with Crippen LogP contribution in [0.25, 0.3) is 0 Å². The first-order valence-electron chi connectivity index (χ1n) is 6.16. The van der Waals surface area contributed by atoms with Crippen LogP contribution in [0.3, 0.4) is 0 Å². The van der Waals surface area contributed by atoms with Gasteiger partial charge in [-0.05, 0) is 69.7 Å². The van der Waals surface area contributed by atoms with E-state index >= 15 is 0 Å². The lowest BCUT2D eigenvalue weighted by Gasteiger charge is -2.60. The summed E-state index contributed by atoms with van der Waals surface area (Å²) in [5.74, 6) is 4.02. The van der Waals surface area contributed by atoms with Crippen LogP contribution < -0.4 is 10.9 Å². The standard InChI is InChI=1S/C12H22N2/c1-12(14-13-2)10-4-8-3-9(6-10)7-11(12)5-8/h8-11,13-14H,3-7H2,1-2H3. The summed E-state index contributed by atoms with van der Waals surface area (Å²) in [5.41, 5.74) is 7.13. The first-order valence-corrected chi connectivity index (χ1v) is 6.16. The zero-order chi connectivity index (χ0) is 9.76. The van der Waals surface area contributed by atoms with Gasteiger partial charge in [0, 0.05) is 5.54 Å². The molecule has 4 bridgehead atoms. The maximum Gasteiger partial charge on any atom is 0.0352 e. The van der Waals surface area contributed by atoms with Crippen molar-refractivity contribution in [3.63, 3.8) is 0 Å². The minimum absolute atomic E-state index is 0.391. The second kappa shape index (κ2) is 2.96. The van der Waals surface area contributed by atoms with E-state index in [0.717, 1.165) is 23.7 Å². The molecule has 0 aromatic heterocycles. The molecule has 4 fully saturated rings. The molecule has 0 aromatic rings. The van der Waals surface area contributed by atoms with E-state index in [1.165, 1.54) is 25.7 Å². The van der Waals surface area contributed by atoms with Crippen molar-refractivity contribution in [2.75, 3.05) is 7.05 Å². The van der Waals surface area contributed by atoms with E-state index in [1.807, 2.05) is 7.05 Å². The maximum absolute atomic E-state index is 3.55. The van der Waals surface area contributed by atoms with Crippen LogP contribution in [0.5, 0.6) is 0 Å². The van der Waals surface area contributed by atoms with Crippen LogP contribution in [0.1, 0.15) is 39.0 Å². The van der Waals surface area contributed by atoms with E-state index in [-0.39, 0.29) is 0 Å². The van der Waals surface area contributed by atoms with Crippen molar-refractivity contribution in [2.45, 2.75) is 44.6 Å². The lowest BCUT2D eigenvalue weighted by atomic mass is 9.49. The van der Waals surface area contributed by atoms with Gasteiger partial charge in [0.1, 0.15) is 0 Å². The molecule has 0 aliphatic heterocycles. The first kappa shape index (κ1) is 9.17. The Balaban J connectivity index is 1.87. The quantitative estimate of drug-likeness (QED) is 0.656. The molecule has 4 aliphatic rings. The monoisotopic (exact) mass is 194 g/mol. The van der Waals surface area contributed by atoms with Crippen LogP contribution in [0.2, 0.25) is 0 Å². The average Bonchev–Trinajstić information content (AvgIpc) is 2.14. The highest BCUT2D eigenvalue weighted by atomic mass is 15.4. The summed E-state index contributed by atoms with van der Waals surface area (Å²) >= 11 is 0. The summed E-state index contributed by atoms with van der Waals surface area (Å²) in [6.45, 7) is 2.44. The second-order valence-corrected chi connectivity index (χ2v) is 5.96. The van der Waals surface area contributed by atoms with Gasteiger partial charge in [0.05, 0.1) is 0 Å². The van der Waals surface area contributed by atoms with Gasteiger partial charge in [-0.1, -0.05) is 0 Å². The molecule has 4 aliphatic carbocycles. The van der Waals surface area contributed by atoms with Crippen molar-refractivity contribution in [1.29, 1.82) is 0 Å². The van der Waals surface area contributed by atoms with Crippen LogP contribution in [0, 0.1) is 23.7 Å². The minimum Gasteiger partial charge on any atom is -0.260 e. The molecule has 2 heteroatoms. The second-order valence-electron chi connectivity index (χ2n) is 5.96. The molecule has 14 heavy (non-hydrogen) atoms. The summed E-state index contributed by atoms with van der Waals surface area (Å²) in [6, 6.07) is 0. The fraction of sp³-hybridized carbons (Fsp3) is 1.00. The highest BCUT2D eigenvalue weighted by Gasteiger charge is 2.54. The van der Waals surface area contributed by atoms with E-state index in [2.05, 4.69) is 17.8 Å². The van der Waals surface area contributed by atoms with Crippen molar-refractivity contribution in [1.82, 2.24) is 10.9 Å². The van der Waals surface area contributed by atoms with Gasteiger partial charge >= 0.3 is 0 Å². The maximum atomic E-state index is 3.55. The molecule has 0 unspecified atom stereocenters. The third-order valence-electron chi connectivity index (χ3n) is 5.23. The van der Waals surface area contributed by atoms with Crippen LogP contribution in [0.4, 0.5) is 0 Å². The molecule has 2 nitrogen and oxygen atoms in total. The van der Waals surface area contributed by atoms with Crippen LogP contribution in [-0.2, 0) is 0 Å². The van der Waals surface area contributed by atoms with Crippen molar-refractivity contribution in [3.8, 4) is 0 Å². The molecule has 80 valence electrons. The molecule has 0 heterocycles. The lowest BCUT2D eigenvalue weighted by Crippen LogP contribution is -2.65. The Bertz CT molecular complexity index is 208. The summed E-state index contributed by atoms with van der Waals surface area (Å²) in [4.78, 5) is 0. The number of hydrazine groups is 1. The number of hydrogen-bond donors (Lipinski definition) is 2.